The molecular formula is C36H44Cl4N6S2Zn. The summed E-state index contributed by atoms with van der Waals surface area (Å²) in [4.78, 5) is 19.0. The Labute approximate surface area is 326 Å². The van der Waals surface area contributed by atoms with Gasteiger partial charge in [-0.15, -0.1) is 22.7 Å². The first-order chi connectivity index (χ1) is 22.6. The molecule has 6 rings (SSSR count). The summed E-state index contributed by atoms with van der Waals surface area (Å²) in [7, 11) is 9.90. The molecule has 2 aromatic carbocycles. The van der Waals surface area contributed by atoms with Gasteiger partial charge in [0.1, 0.15) is 13.1 Å². The van der Waals surface area contributed by atoms with E-state index < -0.39 is 15.1 Å². The third-order valence-corrected chi connectivity index (χ3v) is 9.80. The van der Waals surface area contributed by atoms with Gasteiger partial charge in [-0.3, -0.25) is 0 Å². The van der Waals surface area contributed by atoms with Crippen molar-refractivity contribution in [2.24, 2.45) is 0 Å². The van der Waals surface area contributed by atoms with E-state index in [1.165, 1.54) is 63.5 Å². The van der Waals surface area contributed by atoms with Crippen molar-refractivity contribution in [3.05, 3.63) is 81.5 Å². The summed E-state index contributed by atoms with van der Waals surface area (Å²) in [5.74, 6) is 0. The summed E-state index contributed by atoms with van der Waals surface area (Å²) in [6, 6.07) is 17.6. The molecular weight excluding hydrogens is 788 g/mol. The standard InChI is InChI=1S/2C18H21N3S.4ClH.Zn/c2*1-5-19-13-9-17-15(7-11(13)3)21-16-8-12(4)14(20-6-2)10-18(16)22-17;;;;;/h2*7-10,19H,5-6H2,1-4H3;4*1H;/q;;;;;;+2/p-2. The van der Waals surface area contributed by atoms with E-state index >= 15 is 0 Å². The van der Waals surface area contributed by atoms with Gasteiger partial charge < -0.3 is 35.4 Å². The molecule has 4 N–H and O–H groups in total. The summed E-state index contributed by atoms with van der Waals surface area (Å²) in [5, 5.41) is 9.25. The number of nitrogens with one attached hydrogen (secondary N) is 4. The summed E-state index contributed by atoms with van der Waals surface area (Å²) >= 11 is 2.68. The summed E-state index contributed by atoms with van der Waals surface area (Å²) in [6.45, 7) is 20.7. The minimum atomic E-state index is -0.931. The first-order valence-corrected chi connectivity index (χ1v) is 25.5. The van der Waals surface area contributed by atoms with Gasteiger partial charge in [-0.25, -0.2) is 20.0 Å². The van der Waals surface area contributed by atoms with Crippen LogP contribution in [0.4, 0.5) is 11.4 Å². The summed E-state index contributed by atoms with van der Waals surface area (Å²) < 4.78 is 2.45. The van der Waals surface area contributed by atoms with Gasteiger partial charge in [-0.1, -0.05) is 0 Å². The molecule has 0 saturated carbocycles. The Bertz CT molecular complexity index is 1920. The second-order valence-electron chi connectivity index (χ2n) is 11.2. The van der Waals surface area contributed by atoms with Crippen LogP contribution in [0.2, 0.25) is 0 Å². The number of nitrogens with zero attached hydrogens (tertiary/aromatic N) is 2. The van der Waals surface area contributed by atoms with E-state index in [-0.39, 0.29) is 24.8 Å². The average molecular weight is 832 g/mol. The molecule has 4 aliphatic rings. The fourth-order valence-electron chi connectivity index (χ4n) is 5.39. The molecule has 0 bridgehead atoms. The van der Waals surface area contributed by atoms with E-state index in [0.29, 0.717) is 0 Å². The second kappa shape index (κ2) is 20.7. The molecule has 2 heterocycles. The third-order valence-electron chi connectivity index (χ3n) is 7.61. The Morgan fingerprint density at radius 3 is 1.29 bits per heavy atom. The van der Waals surface area contributed by atoms with Crippen molar-refractivity contribution >= 4 is 73.9 Å². The predicted octanol–water partition coefficient (Wildman–Crippen LogP) is 0.286. The number of fused-ring (bicyclic) bond motifs is 4. The monoisotopic (exact) mass is 828 g/mol. The van der Waals surface area contributed by atoms with E-state index in [4.69, 9.17) is 29.4 Å². The molecule has 0 fully saturated rings. The van der Waals surface area contributed by atoms with Gasteiger partial charge in [0.15, 0.2) is 0 Å². The molecule has 0 atom stereocenters. The Morgan fingerprint density at radius 1 is 0.592 bits per heavy atom. The number of benzene rings is 4. The Morgan fingerprint density at radius 2 is 0.959 bits per heavy atom. The molecule has 0 unspecified atom stereocenters. The number of anilines is 2. The number of hydrogen-bond donors (Lipinski definition) is 4. The van der Waals surface area contributed by atoms with Crippen LogP contribution in [0.1, 0.15) is 49.9 Å². The molecule has 6 nitrogen and oxygen atoms in total. The zero-order valence-electron chi connectivity index (χ0n) is 29.4. The molecule has 0 aromatic heterocycles. The maximum atomic E-state index is 4.95. The molecule has 2 aliphatic heterocycles. The van der Waals surface area contributed by atoms with Crippen LogP contribution in [0.25, 0.3) is 41.6 Å². The van der Waals surface area contributed by atoms with Gasteiger partial charge in [0.25, 0.3) is 0 Å². The predicted molar refractivity (Wildman–Crippen MR) is 201 cm³/mol. The van der Waals surface area contributed by atoms with E-state index in [1.807, 2.05) is 0 Å². The first kappa shape index (κ1) is 43.1. The maximum absolute atomic E-state index is 4.95. The van der Waals surface area contributed by atoms with Crippen molar-refractivity contribution in [1.82, 2.24) is 9.97 Å². The zero-order valence-corrected chi connectivity index (χ0v) is 37.0. The van der Waals surface area contributed by atoms with Crippen LogP contribution in [0.5, 0.6) is 0 Å². The van der Waals surface area contributed by atoms with E-state index in [2.05, 4.69) is 125 Å². The molecule has 2 aromatic rings. The fraction of sp³-hybridized carbons (Fsp3) is 0.333. The van der Waals surface area contributed by atoms with E-state index in [9.17, 15) is 0 Å². The Hall–Kier alpha value is -2.10. The van der Waals surface area contributed by atoms with Crippen LogP contribution in [0.15, 0.2) is 48.5 Å². The molecule has 0 spiro atoms. The Balaban J connectivity index is 0.000000304. The number of halogens is 4. The summed E-state index contributed by atoms with van der Waals surface area (Å²) in [6.07, 6.45) is 0. The number of aryl methyl sites for hydroxylation is 4. The van der Waals surface area contributed by atoms with Crippen molar-refractivity contribution in [3.8, 4) is 21.1 Å². The average Bonchev–Trinajstić information content (AvgIpc) is 3.02. The molecule has 0 saturated heterocycles. The number of rotatable bonds is 6. The van der Waals surface area contributed by atoms with Crippen LogP contribution < -0.4 is 56.1 Å². The second-order valence-corrected chi connectivity index (χ2v) is 18.0. The van der Waals surface area contributed by atoms with Crippen molar-refractivity contribution < 1.29 is 49.9 Å². The molecule has 0 amide bonds. The fourth-order valence-corrected chi connectivity index (χ4v) is 7.41. The topological polar surface area (TPSA) is 77.8 Å². The van der Waals surface area contributed by atoms with Crippen molar-refractivity contribution in [1.29, 1.82) is 0 Å². The van der Waals surface area contributed by atoms with E-state index in [1.54, 1.807) is 22.7 Å². The third kappa shape index (κ3) is 10.9. The Kier molecular flexibility index (Phi) is 18.2. The molecule has 49 heavy (non-hydrogen) atoms. The summed E-state index contributed by atoms with van der Waals surface area (Å²) in [5.41, 5.74) is 11.7. The van der Waals surface area contributed by atoms with Crippen molar-refractivity contribution in [3.63, 3.8) is 0 Å². The van der Waals surface area contributed by atoms with Crippen LogP contribution >= 0.6 is 42.1 Å². The van der Waals surface area contributed by atoms with Gasteiger partial charge in [-0.05, 0) is 103 Å². The van der Waals surface area contributed by atoms with Crippen LogP contribution in [0.3, 0.4) is 0 Å². The van der Waals surface area contributed by atoms with Gasteiger partial charge in [0.2, 0.25) is 10.7 Å². The number of aromatic nitrogens is 2. The SMILES string of the molecule is CCNc1cc2sc3cc(=[NH+]CC)c(C)cc-3nc2cc1C.CCNc1cc2sc3cc(=[NH+]CC)c(C)cc-3nc2cc1C.[Cl-].[Cl-].[Cl][Zn][Cl]. The molecule has 0 radical (unpaired) electrons. The van der Waals surface area contributed by atoms with Crippen LogP contribution in [0, 0.1) is 27.7 Å². The van der Waals surface area contributed by atoms with Crippen LogP contribution in [-0.4, -0.2) is 36.1 Å². The van der Waals surface area contributed by atoms with Gasteiger partial charge in [0, 0.05) is 47.7 Å². The molecule has 260 valence electrons. The first-order valence-electron chi connectivity index (χ1n) is 16.1. The zero-order chi connectivity index (χ0) is 34.1. The normalized spacial score (nSPS) is 11.2. The van der Waals surface area contributed by atoms with E-state index in [0.717, 1.165) is 48.6 Å². The van der Waals surface area contributed by atoms with Gasteiger partial charge in [-0.2, -0.15) is 0 Å². The van der Waals surface area contributed by atoms with Crippen molar-refractivity contribution in [2.45, 2.75) is 55.4 Å². The number of hydrogen-bond acceptors (Lipinski definition) is 6. The van der Waals surface area contributed by atoms with Gasteiger partial charge >= 0.3 is 34.5 Å². The quantitative estimate of drug-likeness (QED) is 0.144. The van der Waals surface area contributed by atoms with Crippen LogP contribution in [-0.2, 0) is 15.1 Å². The van der Waals surface area contributed by atoms with Crippen molar-refractivity contribution in [2.75, 3.05) is 36.8 Å². The molecule has 2 aliphatic carbocycles. The molecule has 13 heteroatoms. The minimum absolute atomic E-state index is 0. The van der Waals surface area contributed by atoms with Gasteiger partial charge in [0.05, 0.1) is 41.6 Å².